The number of pyridine rings is 1. The topological polar surface area (TPSA) is 75.5 Å². The molecule has 0 radical (unpaired) electrons. The average molecular weight is 335 g/mol. The van der Waals surface area contributed by atoms with Gasteiger partial charge >= 0.3 is 0 Å². The van der Waals surface area contributed by atoms with Crippen molar-refractivity contribution in [3.05, 3.63) is 39.1 Å². The van der Waals surface area contributed by atoms with Gasteiger partial charge in [-0.2, -0.15) is 0 Å². The molecule has 1 amide bonds. The number of thiazole rings is 1. The van der Waals surface area contributed by atoms with Crippen LogP contribution < -0.4 is 4.74 Å². The number of nitrogens with zero attached hydrogens (tertiary/aromatic N) is 3. The first-order chi connectivity index (χ1) is 10.8. The summed E-state index contributed by atoms with van der Waals surface area (Å²) in [5.41, 5.74) is 2.69. The molecule has 124 valence electrons. The van der Waals surface area contributed by atoms with Gasteiger partial charge in [-0.05, 0) is 20.8 Å². The van der Waals surface area contributed by atoms with E-state index in [-0.39, 0.29) is 5.91 Å². The summed E-state index contributed by atoms with van der Waals surface area (Å²) in [7, 11) is 3.35. The van der Waals surface area contributed by atoms with E-state index in [1.165, 1.54) is 17.5 Å². The maximum absolute atomic E-state index is 12.5. The van der Waals surface area contributed by atoms with Crippen LogP contribution in [0, 0.1) is 13.8 Å². The molecular formula is C16H21N3O3S. The standard InChI is InChI=1S/C16H21N3O3S/c1-9-6-17-12(10(2)14(9)22-5)8-19(4)16(21)13-7-18-15(23-13)11(3)20/h6-7,11,20H,8H2,1-5H3/t11-/m1/s1. The smallest absolute Gasteiger partial charge is 0.265 e. The molecule has 0 saturated carbocycles. The summed E-state index contributed by atoms with van der Waals surface area (Å²) in [5.74, 6) is 0.653. The van der Waals surface area contributed by atoms with Gasteiger partial charge in [0.15, 0.2) is 0 Å². The fraction of sp³-hybridized carbons (Fsp3) is 0.438. The Kier molecular flexibility index (Phi) is 5.33. The van der Waals surface area contributed by atoms with E-state index in [0.717, 1.165) is 22.6 Å². The lowest BCUT2D eigenvalue weighted by atomic mass is 10.1. The van der Waals surface area contributed by atoms with Gasteiger partial charge in [0.1, 0.15) is 21.7 Å². The van der Waals surface area contributed by atoms with Crippen LogP contribution in [0.1, 0.15) is 44.5 Å². The van der Waals surface area contributed by atoms with E-state index in [9.17, 15) is 9.90 Å². The number of hydrogen-bond acceptors (Lipinski definition) is 6. The maximum atomic E-state index is 12.5. The second-order valence-corrected chi connectivity index (χ2v) is 6.51. The summed E-state index contributed by atoms with van der Waals surface area (Å²) >= 11 is 1.20. The van der Waals surface area contributed by atoms with Gasteiger partial charge in [0.25, 0.3) is 5.91 Å². The molecule has 0 aromatic carbocycles. The molecule has 2 aromatic rings. The molecule has 0 aliphatic heterocycles. The van der Waals surface area contributed by atoms with Gasteiger partial charge in [-0.15, -0.1) is 11.3 Å². The lowest BCUT2D eigenvalue weighted by Crippen LogP contribution is -2.26. The molecule has 2 rings (SSSR count). The van der Waals surface area contributed by atoms with Crippen LogP contribution in [0.15, 0.2) is 12.4 Å². The number of aryl methyl sites for hydroxylation is 1. The Hall–Kier alpha value is -1.99. The third-order valence-electron chi connectivity index (χ3n) is 3.58. The Bertz CT molecular complexity index is 713. The molecule has 2 aromatic heterocycles. The number of carbonyl (C=O) groups excluding carboxylic acids is 1. The third kappa shape index (κ3) is 3.68. The molecule has 0 unspecified atom stereocenters. The molecule has 23 heavy (non-hydrogen) atoms. The van der Waals surface area contributed by atoms with Gasteiger partial charge in [-0.1, -0.05) is 0 Å². The van der Waals surface area contributed by atoms with E-state index in [1.807, 2.05) is 13.8 Å². The van der Waals surface area contributed by atoms with Crippen molar-refractivity contribution in [3.8, 4) is 5.75 Å². The van der Waals surface area contributed by atoms with Gasteiger partial charge in [-0.25, -0.2) is 4.98 Å². The fourth-order valence-electron chi connectivity index (χ4n) is 2.29. The van der Waals surface area contributed by atoms with Crippen molar-refractivity contribution in [2.24, 2.45) is 0 Å². The number of aliphatic hydroxyl groups is 1. The van der Waals surface area contributed by atoms with Crippen molar-refractivity contribution in [3.63, 3.8) is 0 Å². The van der Waals surface area contributed by atoms with Crippen LogP contribution in [0.25, 0.3) is 0 Å². The van der Waals surface area contributed by atoms with Crippen LogP contribution in [0.3, 0.4) is 0 Å². The molecule has 0 aliphatic rings. The van der Waals surface area contributed by atoms with Crippen molar-refractivity contribution < 1.29 is 14.6 Å². The van der Waals surface area contributed by atoms with Crippen LogP contribution in [0.5, 0.6) is 5.75 Å². The summed E-state index contributed by atoms with van der Waals surface area (Å²) < 4.78 is 5.39. The summed E-state index contributed by atoms with van der Waals surface area (Å²) in [6.07, 6.45) is 2.58. The van der Waals surface area contributed by atoms with Gasteiger partial charge in [0, 0.05) is 24.4 Å². The van der Waals surface area contributed by atoms with Crippen molar-refractivity contribution in [2.45, 2.75) is 33.4 Å². The minimum atomic E-state index is -0.669. The first-order valence-electron chi connectivity index (χ1n) is 7.23. The number of aliphatic hydroxyl groups excluding tert-OH is 1. The van der Waals surface area contributed by atoms with Crippen LogP contribution in [0.2, 0.25) is 0 Å². The molecule has 7 heteroatoms. The maximum Gasteiger partial charge on any atom is 0.265 e. The van der Waals surface area contributed by atoms with E-state index >= 15 is 0 Å². The summed E-state index contributed by atoms with van der Waals surface area (Å²) in [6, 6.07) is 0. The molecule has 1 N–H and O–H groups in total. The fourth-order valence-corrected chi connectivity index (χ4v) is 3.14. The molecule has 2 heterocycles. The number of ether oxygens (including phenoxy) is 1. The number of aromatic nitrogens is 2. The highest BCUT2D eigenvalue weighted by atomic mass is 32.1. The van der Waals surface area contributed by atoms with Crippen molar-refractivity contribution in [1.29, 1.82) is 0 Å². The Balaban J connectivity index is 2.18. The second kappa shape index (κ2) is 7.06. The van der Waals surface area contributed by atoms with Gasteiger partial charge in [-0.3, -0.25) is 9.78 Å². The number of amides is 1. The van der Waals surface area contributed by atoms with Crippen LogP contribution in [-0.4, -0.2) is 40.0 Å². The Morgan fingerprint density at radius 2 is 2.09 bits per heavy atom. The number of carbonyl (C=O) groups is 1. The monoisotopic (exact) mass is 335 g/mol. The number of methoxy groups -OCH3 is 1. The quantitative estimate of drug-likeness (QED) is 0.908. The predicted octanol–water partition coefficient (Wildman–Crippen LogP) is 2.49. The highest BCUT2D eigenvalue weighted by molar-refractivity contribution is 7.13. The lowest BCUT2D eigenvalue weighted by Gasteiger charge is -2.18. The lowest BCUT2D eigenvalue weighted by molar-refractivity contribution is 0.0787. The van der Waals surface area contributed by atoms with Crippen LogP contribution in [0.4, 0.5) is 0 Å². The van der Waals surface area contributed by atoms with E-state index in [4.69, 9.17) is 4.74 Å². The minimum absolute atomic E-state index is 0.143. The number of rotatable bonds is 5. The summed E-state index contributed by atoms with van der Waals surface area (Å²) in [5, 5.41) is 10.0. The SMILES string of the molecule is COc1c(C)cnc(CN(C)C(=O)c2cnc([C@@H](C)O)s2)c1C. The van der Waals surface area contributed by atoms with Crippen LogP contribution in [-0.2, 0) is 6.54 Å². The summed E-state index contributed by atoms with van der Waals surface area (Å²) in [4.78, 5) is 23.0. The number of hydrogen-bond donors (Lipinski definition) is 1. The molecule has 0 aliphatic carbocycles. The Labute approximate surface area is 139 Å². The minimum Gasteiger partial charge on any atom is -0.496 e. The summed E-state index contributed by atoms with van der Waals surface area (Å²) in [6.45, 7) is 5.88. The van der Waals surface area contributed by atoms with Crippen LogP contribution >= 0.6 is 11.3 Å². The second-order valence-electron chi connectivity index (χ2n) is 5.45. The molecule has 6 nitrogen and oxygen atoms in total. The average Bonchev–Trinajstić information content (AvgIpc) is 3.00. The third-order valence-corrected chi connectivity index (χ3v) is 4.73. The highest BCUT2D eigenvalue weighted by Gasteiger charge is 2.19. The molecule has 0 saturated heterocycles. The molecule has 1 atom stereocenters. The van der Waals surface area contributed by atoms with E-state index in [2.05, 4.69) is 9.97 Å². The normalized spacial score (nSPS) is 12.1. The predicted molar refractivity (Wildman–Crippen MR) is 88.8 cm³/mol. The first kappa shape index (κ1) is 17.4. The van der Waals surface area contributed by atoms with E-state index in [0.29, 0.717) is 16.4 Å². The van der Waals surface area contributed by atoms with Gasteiger partial charge in [0.2, 0.25) is 0 Å². The van der Waals surface area contributed by atoms with Crippen molar-refractivity contribution >= 4 is 17.2 Å². The molecule has 0 fully saturated rings. The largest absolute Gasteiger partial charge is 0.496 e. The molecule has 0 bridgehead atoms. The zero-order valence-corrected chi connectivity index (χ0v) is 14.8. The Morgan fingerprint density at radius 1 is 1.39 bits per heavy atom. The highest BCUT2D eigenvalue weighted by Crippen LogP contribution is 2.25. The molecular weight excluding hydrogens is 314 g/mol. The zero-order valence-electron chi connectivity index (χ0n) is 14.0. The first-order valence-corrected chi connectivity index (χ1v) is 8.05. The van der Waals surface area contributed by atoms with Crippen molar-refractivity contribution in [1.82, 2.24) is 14.9 Å². The molecule has 0 spiro atoms. The van der Waals surface area contributed by atoms with E-state index < -0.39 is 6.10 Å². The van der Waals surface area contributed by atoms with Crippen molar-refractivity contribution in [2.75, 3.05) is 14.2 Å². The van der Waals surface area contributed by atoms with Gasteiger partial charge in [0.05, 0.1) is 25.5 Å². The van der Waals surface area contributed by atoms with E-state index in [1.54, 1.807) is 32.2 Å². The van der Waals surface area contributed by atoms with Gasteiger partial charge < -0.3 is 14.7 Å². The Morgan fingerprint density at radius 3 is 2.65 bits per heavy atom. The zero-order chi connectivity index (χ0) is 17.1.